The largest absolute Gasteiger partial charge is 0.372 e. The van der Waals surface area contributed by atoms with Gasteiger partial charge in [0.15, 0.2) is 5.82 Å². The van der Waals surface area contributed by atoms with Gasteiger partial charge in [-0.2, -0.15) is 11.3 Å². The van der Waals surface area contributed by atoms with Crippen molar-refractivity contribution in [2.45, 2.75) is 45.5 Å². The average Bonchev–Trinajstić information content (AvgIpc) is 3.13. The van der Waals surface area contributed by atoms with E-state index in [1.165, 1.54) is 12.0 Å². The van der Waals surface area contributed by atoms with Crippen molar-refractivity contribution in [2.24, 2.45) is 0 Å². The fourth-order valence-corrected chi connectivity index (χ4v) is 3.26. The highest BCUT2D eigenvalue weighted by molar-refractivity contribution is 7.07. The highest BCUT2D eigenvalue weighted by Crippen LogP contribution is 2.21. The Bertz CT molecular complexity index is 537. The van der Waals surface area contributed by atoms with Gasteiger partial charge < -0.3 is 14.6 Å². The molecule has 3 heterocycles. The van der Waals surface area contributed by atoms with Crippen LogP contribution in [0.1, 0.15) is 43.0 Å². The lowest BCUT2D eigenvalue weighted by Crippen LogP contribution is -2.25. The molecule has 6 heteroatoms. The minimum atomic E-state index is 0.402. The van der Waals surface area contributed by atoms with Crippen LogP contribution in [0.15, 0.2) is 16.8 Å². The van der Waals surface area contributed by atoms with E-state index in [9.17, 15) is 0 Å². The number of ether oxygens (including phenoxy) is 1. The van der Waals surface area contributed by atoms with Crippen molar-refractivity contribution in [1.82, 2.24) is 20.1 Å². The van der Waals surface area contributed by atoms with E-state index in [4.69, 9.17) is 4.74 Å². The van der Waals surface area contributed by atoms with Crippen LogP contribution < -0.4 is 5.32 Å². The second-order valence-corrected chi connectivity index (χ2v) is 5.80. The average molecular weight is 292 g/mol. The van der Waals surface area contributed by atoms with E-state index in [1.54, 1.807) is 11.3 Å². The summed E-state index contributed by atoms with van der Waals surface area (Å²) in [5.41, 5.74) is 1.37. The second kappa shape index (κ2) is 6.47. The fourth-order valence-electron chi connectivity index (χ4n) is 2.55. The summed E-state index contributed by atoms with van der Waals surface area (Å²) in [5.74, 6) is 1.95. The quantitative estimate of drug-likeness (QED) is 0.889. The molecule has 0 aromatic carbocycles. The van der Waals surface area contributed by atoms with Crippen molar-refractivity contribution >= 4 is 11.3 Å². The first-order valence-corrected chi connectivity index (χ1v) is 8.07. The van der Waals surface area contributed by atoms with Crippen molar-refractivity contribution in [2.75, 3.05) is 6.61 Å². The Kier molecular flexibility index (Phi) is 4.44. The molecule has 2 aromatic rings. The first-order chi connectivity index (χ1) is 9.88. The van der Waals surface area contributed by atoms with Crippen molar-refractivity contribution in [3.8, 4) is 0 Å². The minimum absolute atomic E-state index is 0.402. The van der Waals surface area contributed by atoms with Gasteiger partial charge in [0.05, 0.1) is 13.2 Å². The molecule has 2 aromatic heterocycles. The summed E-state index contributed by atoms with van der Waals surface area (Å²) >= 11 is 1.75. The van der Waals surface area contributed by atoms with E-state index in [2.05, 4.69) is 43.8 Å². The molecule has 1 atom stereocenters. The van der Waals surface area contributed by atoms with E-state index >= 15 is 0 Å². The van der Waals surface area contributed by atoms with Gasteiger partial charge in [-0.1, -0.05) is 13.3 Å². The molecule has 0 aliphatic carbocycles. The fraction of sp³-hybridized carbons (Fsp3) is 0.571. The smallest absolute Gasteiger partial charge is 0.159 e. The molecule has 0 fully saturated rings. The van der Waals surface area contributed by atoms with Gasteiger partial charge in [0.1, 0.15) is 12.4 Å². The molecule has 0 saturated carbocycles. The van der Waals surface area contributed by atoms with Crippen LogP contribution in [0.25, 0.3) is 0 Å². The molecule has 0 amide bonds. The summed E-state index contributed by atoms with van der Waals surface area (Å²) in [4.78, 5) is 0. The van der Waals surface area contributed by atoms with Crippen molar-refractivity contribution in [1.29, 1.82) is 0 Å². The number of hydrogen-bond acceptors (Lipinski definition) is 5. The molecule has 1 aliphatic rings. The van der Waals surface area contributed by atoms with Crippen LogP contribution >= 0.6 is 11.3 Å². The molecular weight excluding hydrogens is 272 g/mol. The first-order valence-electron chi connectivity index (χ1n) is 7.12. The lowest BCUT2D eigenvalue weighted by molar-refractivity contribution is 0.0804. The molecule has 0 unspecified atom stereocenters. The van der Waals surface area contributed by atoms with E-state index < -0.39 is 0 Å². The zero-order valence-corrected chi connectivity index (χ0v) is 12.5. The Hall–Kier alpha value is -1.24. The van der Waals surface area contributed by atoms with Gasteiger partial charge in [0, 0.05) is 12.6 Å². The number of nitrogens with zero attached hydrogens (tertiary/aromatic N) is 3. The SMILES string of the molecule is CCC[C@@H](NCc1nnc2n1CCOC2)c1ccsc1. The van der Waals surface area contributed by atoms with Crippen molar-refractivity contribution in [3.05, 3.63) is 34.0 Å². The van der Waals surface area contributed by atoms with Gasteiger partial charge in [0.2, 0.25) is 0 Å². The lowest BCUT2D eigenvalue weighted by Gasteiger charge is -2.19. The van der Waals surface area contributed by atoms with Crippen molar-refractivity contribution in [3.63, 3.8) is 0 Å². The summed E-state index contributed by atoms with van der Waals surface area (Å²) in [6.45, 7) is 5.16. The maximum Gasteiger partial charge on any atom is 0.159 e. The second-order valence-electron chi connectivity index (χ2n) is 5.02. The predicted octanol–water partition coefficient (Wildman–Crippen LogP) is 2.50. The summed E-state index contributed by atoms with van der Waals surface area (Å²) in [5, 5.41) is 16.5. The van der Waals surface area contributed by atoms with Crippen LogP contribution in [0.4, 0.5) is 0 Å². The first kappa shape index (κ1) is 13.7. The van der Waals surface area contributed by atoms with Crippen molar-refractivity contribution < 1.29 is 4.74 Å². The van der Waals surface area contributed by atoms with Gasteiger partial charge in [-0.25, -0.2) is 0 Å². The normalized spacial score (nSPS) is 16.1. The maximum atomic E-state index is 5.39. The lowest BCUT2D eigenvalue weighted by atomic mass is 10.1. The Balaban J connectivity index is 1.67. The summed E-state index contributed by atoms with van der Waals surface area (Å²) < 4.78 is 7.56. The van der Waals surface area contributed by atoms with Gasteiger partial charge in [-0.3, -0.25) is 0 Å². The third-order valence-corrected chi connectivity index (χ3v) is 4.33. The molecule has 3 rings (SSSR count). The van der Waals surface area contributed by atoms with Crippen LogP contribution in [0, 0.1) is 0 Å². The predicted molar refractivity (Wildman–Crippen MR) is 78.5 cm³/mol. The number of nitrogens with one attached hydrogen (secondary N) is 1. The van der Waals surface area contributed by atoms with E-state index in [0.29, 0.717) is 12.6 Å². The standard InChI is InChI=1S/C14H20N4OS/c1-2-3-12(11-4-7-20-10-11)15-8-13-16-17-14-9-19-6-5-18(13)14/h4,7,10,12,15H,2-3,5-6,8-9H2,1H3/t12-/m1/s1. The van der Waals surface area contributed by atoms with E-state index in [0.717, 1.165) is 37.8 Å². The number of fused-ring (bicyclic) bond motifs is 1. The highest BCUT2D eigenvalue weighted by atomic mass is 32.1. The number of thiophene rings is 1. The minimum Gasteiger partial charge on any atom is -0.372 e. The summed E-state index contributed by atoms with van der Waals surface area (Å²) in [6, 6.07) is 2.60. The van der Waals surface area contributed by atoms with Crippen LogP contribution in [0.3, 0.4) is 0 Å². The maximum absolute atomic E-state index is 5.39. The topological polar surface area (TPSA) is 52.0 Å². The number of rotatable bonds is 6. The third-order valence-electron chi connectivity index (χ3n) is 3.62. The van der Waals surface area contributed by atoms with Crippen LogP contribution in [0.2, 0.25) is 0 Å². The zero-order chi connectivity index (χ0) is 13.8. The number of aromatic nitrogens is 3. The van der Waals surface area contributed by atoms with E-state index in [-0.39, 0.29) is 0 Å². The molecule has 20 heavy (non-hydrogen) atoms. The summed E-state index contributed by atoms with van der Waals surface area (Å²) in [7, 11) is 0. The van der Waals surface area contributed by atoms with Crippen LogP contribution in [0.5, 0.6) is 0 Å². The Labute approximate surface area is 123 Å². The van der Waals surface area contributed by atoms with Gasteiger partial charge >= 0.3 is 0 Å². The van der Waals surface area contributed by atoms with Gasteiger partial charge in [-0.15, -0.1) is 10.2 Å². The monoisotopic (exact) mass is 292 g/mol. The molecule has 0 spiro atoms. The number of hydrogen-bond donors (Lipinski definition) is 1. The molecule has 1 N–H and O–H groups in total. The highest BCUT2D eigenvalue weighted by Gasteiger charge is 2.17. The Morgan fingerprint density at radius 2 is 2.45 bits per heavy atom. The van der Waals surface area contributed by atoms with E-state index in [1.807, 2.05) is 0 Å². The molecular formula is C14H20N4OS. The molecule has 0 saturated heterocycles. The van der Waals surface area contributed by atoms with Crippen LogP contribution in [-0.4, -0.2) is 21.4 Å². The Morgan fingerprint density at radius 1 is 1.50 bits per heavy atom. The molecule has 1 aliphatic heterocycles. The third kappa shape index (κ3) is 2.92. The van der Waals surface area contributed by atoms with Gasteiger partial charge in [-0.05, 0) is 28.8 Å². The molecule has 108 valence electrons. The molecule has 5 nitrogen and oxygen atoms in total. The zero-order valence-electron chi connectivity index (χ0n) is 11.7. The molecule has 0 radical (unpaired) electrons. The van der Waals surface area contributed by atoms with Crippen LogP contribution in [-0.2, 0) is 24.4 Å². The Morgan fingerprint density at radius 3 is 3.25 bits per heavy atom. The van der Waals surface area contributed by atoms with Gasteiger partial charge in [0.25, 0.3) is 0 Å². The molecule has 0 bridgehead atoms. The summed E-state index contributed by atoms with van der Waals surface area (Å²) in [6.07, 6.45) is 2.31.